The molecule has 26 heavy (non-hydrogen) atoms. The van der Waals surface area contributed by atoms with Crippen LogP contribution in [0.1, 0.15) is 23.0 Å². The van der Waals surface area contributed by atoms with Gasteiger partial charge < -0.3 is 9.42 Å². The van der Waals surface area contributed by atoms with Gasteiger partial charge in [-0.1, -0.05) is 5.16 Å². The van der Waals surface area contributed by atoms with Crippen LogP contribution in [0.4, 0.5) is 0 Å². The highest BCUT2D eigenvalue weighted by atomic mass is 32.2. The molecular formula is C16H21N5O4S. The van der Waals surface area contributed by atoms with E-state index in [0.29, 0.717) is 19.6 Å². The lowest BCUT2D eigenvalue weighted by Crippen LogP contribution is -2.60. The van der Waals surface area contributed by atoms with E-state index in [0.717, 1.165) is 12.1 Å². The first-order chi connectivity index (χ1) is 12.5. The maximum Gasteiger partial charge on any atom is 0.276 e. The largest absolute Gasteiger partial charge is 0.364 e. The lowest BCUT2D eigenvalue weighted by Gasteiger charge is -2.43. The second-order valence-electron chi connectivity index (χ2n) is 6.77. The fraction of sp³-hybridized carbons (Fsp3) is 0.562. The molecule has 2 aliphatic heterocycles. The molecule has 2 atom stereocenters. The number of aromatic nitrogens is 3. The molecule has 2 saturated heterocycles. The van der Waals surface area contributed by atoms with E-state index in [-0.39, 0.29) is 35.2 Å². The fourth-order valence-electron chi connectivity index (χ4n) is 3.84. The summed E-state index contributed by atoms with van der Waals surface area (Å²) in [6.45, 7) is 4.51. The quantitative estimate of drug-likeness (QED) is 0.738. The van der Waals surface area contributed by atoms with E-state index in [2.05, 4.69) is 15.2 Å². The smallest absolute Gasteiger partial charge is 0.276 e. The molecule has 0 spiro atoms. The van der Waals surface area contributed by atoms with Crippen molar-refractivity contribution < 1.29 is 17.7 Å². The van der Waals surface area contributed by atoms with Crippen molar-refractivity contribution in [1.82, 2.24) is 24.7 Å². The minimum atomic E-state index is -3.19. The van der Waals surface area contributed by atoms with Gasteiger partial charge in [-0.15, -0.1) is 0 Å². The first-order valence-electron chi connectivity index (χ1n) is 8.64. The number of hydrogen-bond donors (Lipinski definition) is 0. The van der Waals surface area contributed by atoms with Crippen molar-refractivity contribution in [2.24, 2.45) is 0 Å². The maximum absolute atomic E-state index is 12.7. The molecule has 0 saturated carbocycles. The van der Waals surface area contributed by atoms with Crippen molar-refractivity contribution in [2.75, 3.05) is 24.6 Å². The predicted molar refractivity (Wildman–Crippen MR) is 92.1 cm³/mol. The van der Waals surface area contributed by atoms with Crippen molar-refractivity contribution >= 4 is 15.7 Å². The molecule has 2 aromatic heterocycles. The number of sulfone groups is 1. The zero-order valence-corrected chi connectivity index (χ0v) is 15.3. The molecule has 0 radical (unpaired) electrons. The van der Waals surface area contributed by atoms with Gasteiger partial charge in [0.15, 0.2) is 15.5 Å². The van der Waals surface area contributed by atoms with Gasteiger partial charge >= 0.3 is 0 Å². The van der Waals surface area contributed by atoms with Gasteiger partial charge in [0.25, 0.3) is 5.91 Å². The summed E-state index contributed by atoms with van der Waals surface area (Å²) in [5.41, 5.74) is 1.26. The number of aryl methyl sites for hydroxylation is 1. The Bertz CT molecular complexity index is 892. The second kappa shape index (κ2) is 6.51. The number of rotatable bonds is 4. The summed E-state index contributed by atoms with van der Waals surface area (Å²) in [6.07, 6.45) is 5.14. The van der Waals surface area contributed by atoms with Gasteiger partial charge in [-0.3, -0.25) is 14.4 Å². The van der Waals surface area contributed by atoms with E-state index in [1.54, 1.807) is 4.90 Å². The van der Waals surface area contributed by atoms with Crippen LogP contribution >= 0.6 is 0 Å². The van der Waals surface area contributed by atoms with Crippen LogP contribution in [0.25, 0.3) is 0 Å². The second-order valence-corrected chi connectivity index (χ2v) is 8.92. The molecule has 140 valence electrons. The zero-order valence-electron chi connectivity index (χ0n) is 14.5. The summed E-state index contributed by atoms with van der Waals surface area (Å²) in [4.78, 5) is 16.5. The maximum atomic E-state index is 12.7. The third-order valence-electron chi connectivity index (χ3n) is 5.11. The highest BCUT2D eigenvalue weighted by Gasteiger charge is 2.48. The molecule has 10 heteroatoms. The molecule has 0 N–H and O–H groups in total. The molecule has 0 unspecified atom stereocenters. The van der Waals surface area contributed by atoms with Gasteiger partial charge in [-0.2, -0.15) is 5.10 Å². The van der Waals surface area contributed by atoms with Crippen LogP contribution in [0.15, 0.2) is 29.2 Å². The SMILES string of the molecule is CCn1cc(CN2CCN(C(=O)c3ccon3)[C@H]3CS(=O)(=O)C[C@H]32)cn1. The standard InChI is InChI=1S/C16H21N5O4S/c1-2-20-9-12(7-17-20)8-19-4-5-21(16(22)13-3-6-25-18-13)15-11-26(23,24)10-14(15)19/h3,6-7,9,14-15H,2,4-5,8,10-11H2,1H3/t14-,15+/m1/s1. The van der Waals surface area contributed by atoms with Crippen molar-refractivity contribution in [3.63, 3.8) is 0 Å². The molecular weight excluding hydrogens is 358 g/mol. The van der Waals surface area contributed by atoms with Crippen LogP contribution in [-0.2, 0) is 22.9 Å². The highest BCUT2D eigenvalue weighted by Crippen LogP contribution is 2.29. The molecule has 0 aromatic carbocycles. The number of amides is 1. The molecule has 4 heterocycles. The van der Waals surface area contributed by atoms with Crippen LogP contribution in [0.3, 0.4) is 0 Å². The number of hydrogen-bond acceptors (Lipinski definition) is 7. The highest BCUT2D eigenvalue weighted by molar-refractivity contribution is 7.91. The lowest BCUT2D eigenvalue weighted by atomic mass is 10.0. The topological polar surface area (TPSA) is 102 Å². The number of carbonyl (C=O) groups is 1. The molecule has 2 aliphatic rings. The third-order valence-corrected chi connectivity index (χ3v) is 6.80. The van der Waals surface area contributed by atoms with Gasteiger partial charge in [-0.25, -0.2) is 8.42 Å². The van der Waals surface area contributed by atoms with E-state index in [9.17, 15) is 13.2 Å². The monoisotopic (exact) mass is 379 g/mol. The number of piperazine rings is 1. The molecule has 4 rings (SSSR count). The van der Waals surface area contributed by atoms with E-state index >= 15 is 0 Å². The van der Waals surface area contributed by atoms with E-state index in [1.165, 1.54) is 12.3 Å². The number of carbonyl (C=O) groups excluding carboxylic acids is 1. The van der Waals surface area contributed by atoms with Gasteiger partial charge in [0.1, 0.15) is 6.26 Å². The average molecular weight is 379 g/mol. The molecule has 2 aromatic rings. The van der Waals surface area contributed by atoms with Crippen LogP contribution in [-0.4, -0.2) is 75.7 Å². The minimum absolute atomic E-state index is 0.00796. The van der Waals surface area contributed by atoms with Crippen LogP contribution in [0.2, 0.25) is 0 Å². The summed E-state index contributed by atoms with van der Waals surface area (Å²) < 4.78 is 31.2. The third kappa shape index (κ3) is 3.14. The Labute approximate surface area is 151 Å². The van der Waals surface area contributed by atoms with Crippen molar-refractivity contribution in [1.29, 1.82) is 0 Å². The Hall–Kier alpha value is -2.20. The van der Waals surface area contributed by atoms with E-state index < -0.39 is 9.84 Å². The Balaban J connectivity index is 1.56. The number of nitrogens with zero attached hydrogens (tertiary/aromatic N) is 5. The Morgan fingerprint density at radius 2 is 2.12 bits per heavy atom. The Morgan fingerprint density at radius 1 is 1.31 bits per heavy atom. The molecule has 1 amide bonds. The summed E-state index contributed by atoms with van der Waals surface area (Å²) >= 11 is 0. The predicted octanol–water partition coefficient (Wildman–Crippen LogP) is 0.0146. The van der Waals surface area contributed by atoms with Gasteiger partial charge in [-0.05, 0) is 6.92 Å². The zero-order chi connectivity index (χ0) is 18.3. The van der Waals surface area contributed by atoms with Crippen molar-refractivity contribution in [3.05, 3.63) is 36.0 Å². The van der Waals surface area contributed by atoms with Crippen LogP contribution in [0, 0.1) is 0 Å². The molecule has 0 bridgehead atoms. The Morgan fingerprint density at radius 3 is 2.81 bits per heavy atom. The summed E-state index contributed by atoms with van der Waals surface area (Å²) in [7, 11) is -3.19. The normalized spacial score (nSPS) is 25.3. The van der Waals surface area contributed by atoms with Gasteiger partial charge in [0.2, 0.25) is 0 Å². The van der Waals surface area contributed by atoms with Gasteiger partial charge in [0, 0.05) is 50.0 Å². The number of fused-ring (bicyclic) bond motifs is 1. The first kappa shape index (κ1) is 17.2. The van der Waals surface area contributed by atoms with Crippen LogP contribution in [0.5, 0.6) is 0 Å². The Kier molecular flexibility index (Phi) is 4.31. The molecule has 0 aliphatic carbocycles. The summed E-state index contributed by atoms with van der Waals surface area (Å²) in [6, 6.07) is 0.931. The van der Waals surface area contributed by atoms with Crippen molar-refractivity contribution in [3.8, 4) is 0 Å². The van der Waals surface area contributed by atoms with Gasteiger partial charge in [0.05, 0.1) is 23.7 Å². The lowest BCUT2D eigenvalue weighted by molar-refractivity contribution is 0.0298. The van der Waals surface area contributed by atoms with E-state index in [1.807, 2.05) is 24.0 Å². The molecule has 9 nitrogen and oxygen atoms in total. The first-order valence-corrected chi connectivity index (χ1v) is 10.5. The van der Waals surface area contributed by atoms with E-state index in [4.69, 9.17) is 4.52 Å². The fourth-order valence-corrected chi connectivity index (χ4v) is 5.85. The summed E-state index contributed by atoms with van der Waals surface area (Å²) in [5.74, 6) is -0.210. The van der Waals surface area contributed by atoms with Crippen molar-refractivity contribution in [2.45, 2.75) is 32.1 Å². The van der Waals surface area contributed by atoms with Crippen LogP contribution < -0.4 is 0 Å². The molecule has 2 fully saturated rings. The summed E-state index contributed by atoms with van der Waals surface area (Å²) in [5, 5.41) is 7.98. The average Bonchev–Trinajstić information content (AvgIpc) is 3.33. The minimum Gasteiger partial charge on any atom is -0.364 e.